The Morgan fingerprint density at radius 2 is 1.08 bits per heavy atom. The Bertz CT molecular complexity index is 665. The van der Waals surface area contributed by atoms with E-state index in [-0.39, 0.29) is 24.7 Å². The first-order chi connectivity index (χ1) is 19.0. The van der Waals surface area contributed by atoms with Gasteiger partial charge in [0.15, 0.2) is 0 Å². The molecule has 0 radical (unpaired) electrons. The molecule has 0 saturated heterocycles. The standard InChI is InChI=1S/C33H58O6/c1-4-7-9-11-13-15-16-18-20-22-28-38-32(36)33(39-30(34)6-3)25-23-29(24-26-33)31(35)37-27-21-19-17-14-12-10-8-5-2/h6,29H,3-5,7-28H2,1-2H3. The van der Waals surface area contributed by atoms with E-state index in [2.05, 4.69) is 20.4 Å². The normalized spacial score (nSPS) is 18.9. The molecule has 0 amide bonds. The third-order valence-electron chi connectivity index (χ3n) is 7.93. The molecule has 0 aliphatic heterocycles. The first-order valence-electron chi connectivity index (χ1n) is 16.2. The predicted octanol–water partition coefficient (Wildman–Crippen LogP) is 8.79. The van der Waals surface area contributed by atoms with E-state index < -0.39 is 17.5 Å². The molecular formula is C33H58O6. The molecular weight excluding hydrogens is 492 g/mol. The molecule has 1 rings (SSSR count). The zero-order valence-corrected chi connectivity index (χ0v) is 25.3. The summed E-state index contributed by atoms with van der Waals surface area (Å²) in [5.41, 5.74) is -1.34. The van der Waals surface area contributed by atoms with Crippen molar-refractivity contribution >= 4 is 17.9 Å². The smallest absolute Gasteiger partial charge is 0.350 e. The van der Waals surface area contributed by atoms with Crippen molar-refractivity contribution in [1.82, 2.24) is 0 Å². The lowest BCUT2D eigenvalue weighted by Gasteiger charge is -2.36. The molecule has 1 fully saturated rings. The largest absolute Gasteiger partial charge is 0.465 e. The van der Waals surface area contributed by atoms with Crippen molar-refractivity contribution in [1.29, 1.82) is 0 Å². The molecule has 0 heterocycles. The molecule has 0 atom stereocenters. The number of ether oxygens (including phenoxy) is 3. The number of unbranched alkanes of at least 4 members (excludes halogenated alkanes) is 16. The summed E-state index contributed by atoms with van der Waals surface area (Å²) in [6, 6.07) is 0. The lowest BCUT2D eigenvalue weighted by molar-refractivity contribution is -0.186. The highest BCUT2D eigenvalue weighted by atomic mass is 16.6. The van der Waals surface area contributed by atoms with Crippen LogP contribution in [0, 0.1) is 5.92 Å². The summed E-state index contributed by atoms with van der Waals surface area (Å²) in [6.07, 6.45) is 24.1. The Morgan fingerprint density at radius 1 is 0.667 bits per heavy atom. The van der Waals surface area contributed by atoms with Crippen molar-refractivity contribution in [2.45, 2.75) is 161 Å². The predicted molar refractivity (Wildman–Crippen MR) is 157 cm³/mol. The van der Waals surface area contributed by atoms with Gasteiger partial charge in [0, 0.05) is 6.08 Å². The minimum atomic E-state index is -1.34. The summed E-state index contributed by atoms with van der Waals surface area (Å²) in [7, 11) is 0. The number of carbonyl (C=O) groups is 3. The monoisotopic (exact) mass is 550 g/mol. The van der Waals surface area contributed by atoms with Crippen molar-refractivity contribution < 1.29 is 28.6 Å². The van der Waals surface area contributed by atoms with Gasteiger partial charge in [-0.15, -0.1) is 0 Å². The molecule has 6 heteroatoms. The van der Waals surface area contributed by atoms with Crippen molar-refractivity contribution in [2.24, 2.45) is 5.92 Å². The van der Waals surface area contributed by atoms with Crippen LogP contribution < -0.4 is 0 Å². The highest BCUT2D eigenvalue weighted by molar-refractivity contribution is 5.88. The van der Waals surface area contributed by atoms with Crippen molar-refractivity contribution in [2.75, 3.05) is 13.2 Å². The van der Waals surface area contributed by atoms with E-state index in [0.29, 0.717) is 26.1 Å². The Kier molecular flexibility index (Phi) is 20.7. The first kappa shape index (κ1) is 35.2. The van der Waals surface area contributed by atoms with Gasteiger partial charge in [0.2, 0.25) is 5.60 Å². The summed E-state index contributed by atoms with van der Waals surface area (Å²) in [4.78, 5) is 37.6. The lowest BCUT2D eigenvalue weighted by atomic mass is 9.78. The van der Waals surface area contributed by atoms with Crippen LogP contribution in [0.2, 0.25) is 0 Å². The maximum atomic E-state index is 13.0. The number of rotatable bonds is 24. The fraction of sp³-hybridized carbons (Fsp3) is 0.848. The Morgan fingerprint density at radius 3 is 1.51 bits per heavy atom. The van der Waals surface area contributed by atoms with Crippen LogP contribution in [0.4, 0.5) is 0 Å². The molecule has 6 nitrogen and oxygen atoms in total. The van der Waals surface area contributed by atoms with Crippen LogP contribution in [0.5, 0.6) is 0 Å². The zero-order chi connectivity index (χ0) is 28.6. The van der Waals surface area contributed by atoms with Crippen molar-refractivity contribution in [3.63, 3.8) is 0 Å². The van der Waals surface area contributed by atoms with Crippen LogP contribution in [0.15, 0.2) is 12.7 Å². The van der Waals surface area contributed by atoms with Gasteiger partial charge in [-0.25, -0.2) is 9.59 Å². The topological polar surface area (TPSA) is 78.9 Å². The summed E-state index contributed by atoms with van der Waals surface area (Å²) in [6.45, 7) is 8.69. The van der Waals surface area contributed by atoms with E-state index in [1.165, 1.54) is 83.5 Å². The molecule has 0 aromatic rings. The average molecular weight is 551 g/mol. The quantitative estimate of drug-likeness (QED) is 0.0517. The number of hydrogen-bond donors (Lipinski definition) is 0. The van der Waals surface area contributed by atoms with Gasteiger partial charge in [-0.1, -0.05) is 123 Å². The second-order valence-corrected chi connectivity index (χ2v) is 11.4. The minimum absolute atomic E-state index is 0.208. The fourth-order valence-electron chi connectivity index (χ4n) is 5.31. The summed E-state index contributed by atoms with van der Waals surface area (Å²) in [5, 5.41) is 0. The van der Waals surface area contributed by atoms with Gasteiger partial charge in [-0.2, -0.15) is 0 Å². The van der Waals surface area contributed by atoms with Crippen molar-refractivity contribution in [3.05, 3.63) is 12.7 Å². The van der Waals surface area contributed by atoms with E-state index in [1.54, 1.807) is 0 Å². The van der Waals surface area contributed by atoms with Crippen LogP contribution in [0.25, 0.3) is 0 Å². The number of carbonyl (C=O) groups excluding carboxylic acids is 3. The number of hydrogen-bond acceptors (Lipinski definition) is 6. The Labute approximate surface area is 239 Å². The molecule has 0 bridgehead atoms. The van der Waals surface area contributed by atoms with Gasteiger partial charge in [-0.05, 0) is 38.5 Å². The summed E-state index contributed by atoms with van der Waals surface area (Å²) < 4.78 is 16.6. The van der Waals surface area contributed by atoms with Gasteiger partial charge in [0.05, 0.1) is 19.1 Å². The molecule has 1 saturated carbocycles. The average Bonchev–Trinajstić information content (AvgIpc) is 2.95. The van der Waals surface area contributed by atoms with Crippen molar-refractivity contribution in [3.8, 4) is 0 Å². The molecule has 0 spiro atoms. The third-order valence-corrected chi connectivity index (χ3v) is 7.93. The van der Waals surface area contributed by atoms with Gasteiger partial charge in [0.1, 0.15) is 0 Å². The van der Waals surface area contributed by atoms with E-state index in [1.807, 2.05) is 0 Å². The molecule has 226 valence electrons. The van der Waals surface area contributed by atoms with Gasteiger partial charge >= 0.3 is 17.9 Å². The van der Waals surface area contributed by atoms with E-state index in [0.717, 1.165) is 38.2 Å². The molecule has 1 aliphatic rings. The summed E-state index contributed by atoms with van der Waals surface area (Å²) in [5.74, 6) is -1.62. The second kappa shape index (κ2) is 22.9. The molecule has 1 aliphatic carbocycles. The van der Waals surface area contributed by atoms with E-state index in [9.17, 15) is 14.4 Å². The lowest BCUT2D eigenvalue weighted by Crippen LogP contribution is -2.48. The van der Waals surface area contributed by atoms with Crippen LogP contribution in [-0.4, -0.2) is 36.7 Å². The maximum Gasteiger partial charge on any atom is 0.350 e. The van der Waals surface area contributed by atoms with Crippen LogP contribution in [0.3, 0.4) is 0 Å². The Hall–Kier alpha value is -1.85. The zero-order valence-electron chi connectivity index (χ0n) is 25.3. The van der Waals surface area contributed by atoms with Gasteiger partial charge in [-0.3, -0.25) is 4.79 Å². The molecule has 39 heavy (non-hydrogen) atoms. The second-order valence-electron chi connectivity index (χ2n) is 11.4. The fourth-order valence-corrected chi connectivity index (χ4v) is 5.31. The maximum absolute atomic E-state index is 13.0. The first-order valence-corrected chi connectivity index (χ1v) is 16.2. The molecule has 0 N–H and O–H groups in total. The van der Waals surface area contributed by atoms with E-state index in [4.69, 9.17) is 14.2 Å². The molecule has 0 unspecified atom stereocenters. The number of esters is 3. The van der Waals surface area contributed by atoms with Gasteiger partial charge < -0.3 is 14.2 Å². The third kappa shape index (κ3) is 16.1. The van der Waals surface area contributed by atoms with E-state index >= 15 is 0 Å². The molecule has 0 aromatic heterocycles. The van der Waals surface area contributed by atoms with Crippen LogP contribution in [0.1, 0.15) is 155 Å². The summed E-state index contributed by atoms with van der Waals surface area (Å²) >= 11 is 0. The Balaban J connectivity index is 2.31. The highest BCUT2D eigenvalue weighted by Gasteiger charge is 2.48. The SMILES string of the molecule is C=CC(=O)OC1(C(=O)OCCCCCCCCCCCC)CCC(C(=O)OCCCCCCCCCC)CC1. The van der Waals surface area contributed by atoms with Gasteiger partial charge in [0.25, 0.3) is 0 Å². The minimum Gasteiger partial charge on any atom is -0.465 e. The van der Waals surface area contributed by atoms with Crippen LogP contribution >= 0.6 is 0 Å². The highest BCUT2D eigenvalue weighted by Crippen LogP contribution is 2.37. The van der Waals surface area contributed by atoms with Crippen LogP contribution in [-0.2, 0) is 28.6 Å². The molecule has 0 aromatic carbocycles.